The molecule has 0 saturated heterocycles. The normalized spacial score (nSPS) is 11.3. The van der Waals surface area contributed by atoms with Crippen molar-refractivity contribution in [2.75, 3.05) is 12.3 Å². The van der Waals surface area contributed by atoms with Crippen LogP contribution in [0.4, 0.5) is 0 Å². The van der Waals surface area contributed by atoms with Crippen LogP contribution in [0.5, 0.6) is 0 Å². The van der Waals surface area contributed by atoms with Crippen LogP contribution < -0.4 is 5.32 Å². The Bertz CT molecular complexity index is 1070. The molecule has 0 spiro atoms. The molecule has 0 aliphatic heterocycles. The van der Waals surface area contributed by atoms with E-state index in [1.54, 1.807) is 12.3 Å². The van der Waals surface area contributed by atoms with Crippen molar-refractivity contribution in [2.24, 2.45) is 0 Å². The quantitative estimate of drug-likeness (QED) is 0.443. The molecule has 3 aromatic heterocycles. The van der Waals surface area contributed by atoms with Crippen molar-refractivity contribution in [1.29, 1.82) is 0 Å². The van der Waals surface area contributed by atoms with Gasteiger partial charge >= 0.3 is 0 Å². The molecule has 0 fully saturated rings. The van der Waals surface area contributed by atoms with E-state index in [0.717, 1.165) is 17.5 Å². The first-order valence-electron chi connectivity index (χ1n) is 8.15. The van der Waals surface area contributed by atoms with Gasteiger partial charge in [0, 0.05) is 29.8 Å². The third kappa shape index (κ3) is 3.68. The number of fused-ring (bicyclic) bond motifs is 2. The minimum atomic E-state index is -0.0266. The predicted octanol–water partition coefficient (Wildman–Crippen LogP) is 3.54. The van der Waals surface area contributed by atoms with Gasteiger partial charge in [-0.2, -0.15) is 0 Å². The fraction of sp³-hybridized carbons (Fsp3) is 0.167. The van der Waals surface area contributed by atoms with Gasteiger partial charge in [-0.3, -0.25) is 4.79 Å². The van der Waals surface area contributed by atoms with Crippen LogP contribution in [-0.2, 0) is 11.2 Å². The van der Waals surface area contributed by atoms with E-state index < -0.39 is 0 Å². The SMILES string of the molecule is O=C(CSc1nc2ncc(Cl)cc2[nH]1)NCCc1c[nH]c2ccccc12. The fourth-order valence-electron chi connectivity index (χ4n) is 2.78. The summed E-state index contributed by atoms with van der Waals surface area (Å²) in [7, 11) is 0. The van der Waals surface area contributed by atoms with E-state index in [1.165, 1.54) is 22.7 Å². The van der Waals surface area contributed by atoms with Crippen molar-refractivity contribution in [2.45, 2.75) is 11.6 Å². The lowest BCUT2D eigenvalue weighted by atomic mass is 10.1. The number of H-pyrrole nitrogens is 2. The van der Waals surface area contributed by atoms with Gasteiger partial charge in [-0.15, -0.1) is 0 Å². The summed E-state index contributed by atoms with van der Waals surface area (Å²) in [5.74, 6) is 0.267. The molecular weight excluding hydrogens is 370 g/mol. The van der Waals surface area contributed by atoms with Crippen LogP contribution in [0.2, 0.25) is 5.02 Å². The van der Waals surface area contributed by atoms with Crippen LogP contribution in [0.1, 0.15) is 5.56 Å². The lowest BCUT2D eigenvalue weighted by molar-refractivity contribution is -0.118. The molecule has 3 N–H and O–H groups in total. The van der Waals surface area contributed by atoms with Gasteiger partial charge in [0.1, 0.15) is 0 Å². The molecule has 0 aliphatic carbocycles. The molecule has 0 unspecified atom stereocenters. The zero-order valence-corrected chi connectivity index (χ0v) is 15.3. The monoisotopic (exact) mass is 385 g/mol. The number of carbonyl (C=O) groups is 1. The zero-order chi connectivity index (χ0) is 17.9. The predicted molar refractivity (Wildman–Crippen MR) is 105 cm³/mol. The number of pyridine rings is 1. The number of aromatic amines is 2. The third-order valence-corrected chi connectivity index (χ3v) is 5.09. The van der Waals surface area contributed by atoms with Crippen molar-refractivity contribution in [3.8, 4) is 0 Å². The number of nitrogens with one attached hydrogen (secondary N) is 3. The van der Waals surface area contributed by atoms with Crippen LogP contribution in [-0.4, -0.2) is 38.1 Å². The Morgan fingerprint density at radius 1 is 1.27 bits per heavy atom. The number of amides is 1. The van der Waals surface area contributed by atoms with E-state index >= 15 is 0 Å². The molecule has 4 aromatic rings. The van der Waals surface area contributed by atoms with Crippen molar-refractivity contribution >= 4 is 51.3 Å². The fourth-order valence-corrected chi connectivity index (χ4v) is 3.64. The maximum atomic E-state index is 12.1. The maximum Gasteiger partial charge on any atom is 0.230 e. The highest BCUT2D eigenvalue weighted by Crippen LogP contribution is 2.20. The summed E-state index contributed by atoms with van der Waals surface area (Å²) >= 11 is 7.25. The summed E-state index contributed by atoms with van der Waals surface area (Å²) in [6, 6.07) is 9.92. The second-order valence-electron chi connectivity index (χ2n) is 5.81. The summed E-state index contributed by atoms with van der Waals surface area (Å²) < 4.78 is 0. The Morgan fingerprint density at radius 2 is 2.15 bits per heavy atom. The van der Waals surface area contributed by atoms with Crippen molar-refractivity contribution in [1.82, 2.24) is 25.3 Å². The number of thioether (sulfide) groups is 1. The lowest BCUT2D eigenvalue weighted by Crippen LogP contribution is -2.27. The van der Waals surface area contributed by atoms with E-state index in [4.69, 9.17) is 11.6 Å². The minimum absolute atomic E-state index is 0.0266. The molecule has 132 valence electrons. The van der Waals surface area contributed by atoms with E-state index in [2.05, 4.69) is 31.3 Å². The molecule has 0 radical (unpaired) electrons. The molecule has 26 heavy (non-hydrogen) atoms. The Labute approximate surface area is 158 Å². The van der Waals surface area contributed by atoms with E-state index in [1.807, 2.05) is 24.4 Å². The highest BCUT2D eigenvalue weighted by atomic mass is 35.5. The molecule has 0 saturated carbocycles. The molecule has 0 aliphatic rings. The van der Waals surface area contributed by atoms with Gasteiger partial charge < -0.3 is 15.3 Å². The van der Waals surface area contributed by atoms with Gasteiger partial charge in [0.25, 0.3) is 0 Å². The number of aromatic nitrogens is 4. The average molecular weight is 386 g/mol. The van der Waals surface area contributed by atoms with Crippen LogP contribution in [0.15, 0.2) is 47.9 Å². The summed E-state index contributed by atoms with van der Waals surface area (Å²) in [6.07, 6.45) is 4.34. The largest absolute Gasteiger partial charge is 0.361 e. The standard InChI is InChI=1S/C18H16ClN5OS/c19-12-7-15-17(22-9-12)24-18(23-15)26-10-16(25)20-6-5-11-8-21-14-4-2-1-3-13(11)14/h1-4,7-9,21H,5-6,10H2,(H,20,25)(H,22,23,24). The number of halogens is 1. The Morgan fingerprint density at radius 3 is 3.08 bits per heavy atom. The molecule has 8 heteroatoms. The van der Waals surface area contributed by atoms with Gasteiger partial charge in [0.2, 0.25) is 5.91 Å². The minimum Gasteiger partial charge on any atom is -0.361 e. The van der Waals surface area contributed by atoms with Gasteiger partial charge in [0.05, 0.1) is 16.3 Å². The van der Waals surface area contributed by atoms with E-state index in [9.17, 15) is 4.79 Å². The number of rotatable bonds is 6. The first-order valence-corrected chi connectivity index (χ1v) is 9.51. The van der Waals surface area contributed by atoms with Crippen LogP contribution in [0.3, 0.4) is 0 Å². The summed E-state index contributed by atoms with van der Waals surface area (Å²) in [5.41, 5.74) is 3.67. The topological polar surface area (TPSA) is 86.5 Å². The number of benzene rings is 1. The maximum absolute atomic E-state index is 12.1. The Hall–Kier alpha value is -2.51. The lowest BCUT2D eigenvalue weighted by Gasteiger charge is -2.04. The number of para-hydroxylation sites is 1. The number of hydrogen-bond acceptors (Lipinski definition) is 4. The molecule has 1 amide bonds. The Kier molecular flexibility index (Phi) is 4.81. The van der Waals surface area contributed by atoms with E-state index in [0.29, 0.717) is 28.1 Å². The molecule has 4 rings (SSSR count). The van der Waals surface area contributed by atoms with E-state index in [-0.39, 0.29) is 5.91 Å². The highest BCUT2D eigenvalue weighted by Gasteiger charge is 2.09. The second-order valence-corrected chi connectivity index (χ2v) is 7.22. The van der Waals surface area contributed by atoms with Gasteiger partial charge in [0.15, 0.2) is 10.8 Å². The molecular formula is C18H16ClN5OS. The molecule has 3 heterocycles. The first-order chi connectivity index (χ1) is 12.7. The number of nitrogens with zero attached hydrogens (tertiary/aromatic N) is 2. The van der Waals surface area contributed by atoms with Crippen molar-refractivity contribution in [3.05, 3.63) is 53.3 Å². The summed E-state index contributed by atoms with van der Waals surface area (Å²) in [5, 5.41) is 5.35. The number of carbonyl (C=O) groups excluding carboxylic acids is 1. The first kappa shape index (κ1) is 16.9. The van der Waals surface area contributed by atoms with Gasteiger partial charge in [-0.05, 0) is 24.1 Å². The number of imidazole rings is 1. The molecule has 0 atom stereocenters. The van der Waals surface area contributed by atoms with Crippen molar-refractivity contribution in [3.63, 3.8) is 0 Å². The molecule has 0 bridgehead atoms. The average Bonchev–Trinajstić information content (AvgIpc) is 3.23. The van der Waals surface area contributed by atoms with Gasteiger partial charge in [-0.25, -0.2) is 9.97 Å². The van der Waals surface area contributed by atoms with Crippen LogP contribution in [0.25, 0.3) is 22.1 Å². The smallest absolute Gasteiger partial charge is 0.230 e. The van der Waals surface area contributed by atoms with Crippen LogP contribution >= 0.6 is 23.4 Å². The summed E-state index contributed by atoms with van der Waals surface area (Å²) in [4.78, 5) is 26.9. The Balaban J connectivity index is 1.28. The second kappa shape index (κ2) is 7.39. The summed E-state index contributed by atoms with van der Waals surface area (Å²) in [6.45, 7) is 0.596. The third-order valence-electron chi connectivity index (χ3n) is 4.01. The number of hydrogen-bond donors (Lipinski definition) is 3. The molecule has 1 aromatic carbocycles. The van der Waals surface area contributed by atoms with Crippen LogP contribution in [0, 0.1) is 0 Å². The van der Waals surface area contributed by atoms with Gasteiger partial charge in [-0.1, -0.05) is 41.6 Å². The zero-order valence-electron chi connectivity index (χ0n) is 13.8. The molecule has 6 nitrogen and oxygen atoms in total. The van der Waals surface area contributed by atoms with Crippen molar-refractivity contribution < 1.29 is 4.79 Å². The highest BCUT2D eigenvalue weighted by molar-refractivity contribution is 7.99.